The smallest absolute Gasteiger partial charge is 0.0995 e. The third-order valence-electron chi connectivity index (χ3n) is 3.75. The zero-order valence-corrected chi connectivity index (χ0v) is 11.8. The van der Waals surface area contributed by atoms with Gasteiger partial charge in [0.1, 0.15) is 0 Å². The summed E-state index contributed by atoms with van der Waals surface area (Å²) in [6.45, 7) is 1.38. The van der Waals surface area contributed by atoms with E-state index in [0.29, 0.717) is 13.1 Å². The van der Waals surface area contributed by atoms with Gasteiger partial charge in [-0.2, -0.15) is 5.26 Å². The van der Waals surface area contributed by atoms with E-state index >= 15 is 0 Å². The van der Waals surface area contributed by atoms with Gasteiger partial charge in [-0.3, -0.25) is 0 Å². The van der Waals surface area contributed by atoms with E-state index in [2.05, 4.69) is 41.1 Å². The fourth-order valence-corrected chi connectivity index (χ4v) is 2.66. The molecule has 2 N–H and O–H groups in total. The summed E-state index contributed by atoms with van der Waals surface area (Å²) >= 11 is 0. The summed E-state index contributed by atoms with van der Waals surface area (Å²) in [4.78, 5) is 0. The highest BCUT2D eigenvalue weighted by molar-refractivity contribution is 5.81. The molecule has 0 radical (unpaired) electrons. The normalized spacial score (nSPS) is 10.7. The lowest BCUT2D eigenvalue weighted by Crippen LogP contribution is -2.03. The summed E-state index contributed by atoms with van der Waals surface area (Å²) in [5, 5.41) is 10.4. The van der Waals surface area contributed by atoms with Crippen molar-refractivity contribution in [3.8, 4) is 6.07 Å². The quantitative estimate of drug-likeness (QED) is 0.795. The fourth-order valence-electron chi connectivity index (χ4n) is 2.66. The van der Waals surface area contributed by atoms with Crippen molar-refractivity contribution in [2.24, 2.45) is 5.73 Å². The van der Waals surface area contributed by atoms with Gasteiger partial charge in [-0.1, -0.05) is 24.3 Å². The largest absolute Gasteiger partial charge is 0.343 e. The molecule has 21 heavy (non-hydrogen) atoms. The van der Waals surface area contributed by atoms with E-state index in [4.69, 9.17) is 5.73 Å². The maximum atomic E-state index is 9.18. The molecule has 0 spiro atoms. The van der Waals surface area contributed by atoms with Crippen molar-refractivity contribution in [2.45, 2.75) is 13.0 Å². The number of fused-ring (bicyclic) bond motifs is 1. The molecular weight excluding hydrogens is 258 g/mol. The van der Waals surface area contributed by atoms with Gasteiger partial charge in [0.2, 0.25) is 0 Å². The predicted molar refractivity (Wildman–Crippen MR) is 85.0 cm³/mol. The molecule has 0 aliphatic rings. The molecule has 0 unspecified atom stereocenters. The number of nitriles is 1. The molecule has 3 aromatic rings. The molecule has 3 rings (SSSR count). The van der Waals surface area contributed by atoms with Gasteiger partial charge >= 0.3 is 0 Å². The van der Waals surface area contributed by atoms with Crippen LogP contribution in [0.15, 0.2) is 54.7 Å². The Morgan fingerprint density at radius 1 is 1.10 bits per heavy atom. The lowest BCUT2D eigenvalue weighted by atomic mass is 10.1. The lowest BCUT2D eigenvalue weighted by Gasteiger charge is -2.08. The standard InChI is InChI=1S/C18H17N3/c19-9-7-14-5-6-18-15(11-14)8-10-21(18)13-17-4-2-1-3-16(17)12-20/h1-6,8,10-11H,7,9,13,19H2. The van der Waals surface area contributed by atoms with E-state index < -0.39 is 0 Å². The molecule has 104 valence electrons. The summed E-state index contributed by atoms with van der Waals surface area (Å²) in [6, 6.07) is 18.6. The van der Waals surface area contributed by atoms with Crippen LogP contribution in [0.1, 0.15) is 16.7 Å². The average Bonchev–Trinajstić information content (AvgIpc) is 2.91. The second-order valence-electron chi connectivity index (χ2n) is 5.14. The number of hydrogen-bond acceptors (Lipinski definition) is 2. The van der Waals surface area contributed by atoms with Gasteiger partial charge in [0.15, 0.2) is 0 Å². The first kappa shape index (κ1) is 13.4. The van der Waals surface area contributed by atoms with E-state index in [1.54, 1.807) is 0 Å². The van der Waals surface area contributed by atoms with Crippen LogP contribution in [-0.4, -0.2) is 11.1 Å². The predicted octanol–water partition coefficient (Wildman–Crippen LogP) is 3.06. The van der Waals surface area contributed by atoms with E-state index in [1.165, 1.54) is 16.5 Å². The number of hydrogen-bond donors (Lipinski definition) is 1. The molecule has 0 atom stereocenters. The highest BCUT2D eigenvalue weighted by Gasteiger charge is 2.05. The first-order valence-electron chi connectivity index (χ1n) is 7.07. The monoisotopic (exact) mass is 275 g/mol. The van der Waals surface area contributed by atoms with Gasteiger partial charge in [-0.25, -0.2) is 0 Å². The van der Waals surface area contributed by atoms with Crippen molar-refractivity contribution in [3.05, 3.63) is 71.4 Å². The third-order valence-corrected chi connectivity index (χ3v) is 3.75. The minimum Gasteiger partial charge on any atom is -0.343 e. The average molecular weight is 275 g/mol. The van der Waals surface area contributed by atoms with Gasteiger partial charge in [-0.05, 0) is 53.7 Å². The van der Waals surface area contributed by atoms with Crippen LogP contribution in [0.3, 0.4) is 0 Å². The zero-order chi connectivity index (χ0) is 14.7. The van der Waals surface area contributed by atoms with E-state index in [9.17, 15) is 5.26 Å². The Balaban J connectivity index is 1.96. The van der Waals surface area contributed by atoms with Gasteiger partial charge in [0.25, 0.3) is 0 Å². The second kappa shape index (κ2) is 5.82. The van der Waals surface area contributed by atoms with Gasteiger partial charge in [-0.15, -0.1) is 0 Å². The molecular formula is C18H17N3. The molecule has 1 heterocycles. The Bertz CT molecular complexity index is 809. The van der Waals surface area contributed by atoms with E-state index in [1.807, 2.05) is 24.3 Å². The Morgan fingerprint density at radius 2 is 1.95 bits per heavy atom. The van der Waals surface area contributed by atoms with Crippen molar-refractivity contribution in [1.82, 2.24) is 4.57 Å². The van der Waals surface area contributed by atoms with Crippen LogP contribution < -0.4 is 5.73 Å². The van der Waals surface area contributed by atoms with Crippen LogP contribution >= 0.6 is 0 Å². The van der Waals surface area contributed by atoms with Crippen molar-refractivity contribution < 1.29 is 0 Å². The molecule has 3 nitrogen and oxygen atoms in total. The first-order chi connectivity index (χ1) is 10.3. The second-order valence-corrected chi connectivity index (χ2v) is 5.14. The molecule has 0 bridgehead atoms. The number of rotatable bonds is 4. The SMILES string of the molecule is N#Cc1ccccc1Cn1ccc2cc(CCN)ccc21. The van der Waals surface area contributed by atoms with E-state index in [-0.39, 0.29) is 0 Å². The van der Waals surface area contributed by atoms with Gasteiger partial charge in [0, 0.05) is 18.3 Å². The minimum atomic E-state index is 0.668. The van der Waals surface area contributed by atoms with Crippen LogP contribution in [0.4, 0.5) is 0 Å². The number of nitrogens with zero attached hydrogens (tertiary/aromatic N) is 2. The first-order valence-corrected chi connectivity index (χ1v) is 7.07. The Kier molecular flexibility index (Phi) is 3.72. The summed E-state index contributed by atoms with van der Waals surface area (Å²) in [5.74, 6) is 0. The van der Waals surface area contributed by atoms with Crippen LogP contribution in [0.25, 0.3) is 10.9 Å². The van der Waals surface area contributed by atoms with Crippen LogP contribution in [0.5, 0.6) is 0 Å². The summed E-state index contributed by atoms with van der Waals surface area (Å²) in [6.07, 6.45) is 2.98. The Morgan fingerprint density at radius 3 is 2.76 bits per heavy atom. The van der Waals surface area contributed by atoms with Crippen molar-refractivity contribution in [1.29, 1.82) is 5.26 Å². The number of benzene rings is 2. The minimum absolute atomic E-state index is 0.668. The van der Waals surface area contributed by atoms with Crippen molar-refractivity contribution in [3.63, 3.8) is 0 Å². The molecule has 0 saturated carbocycles. The van der Waals surface area contributed by atoms with E-state index in [0.717, 1.165) is 17.5 Å². The van der Waals surface area contributed by atoms with Gasteiger partial charge < -0.3 is 10.3 Å². The zero-order valence-electron chi connectivity index (χ0n) is 11.8. The third kappa shape index (κ3) is 2.67. The van der Waals surface area contributed by atoms with Crippen LogP contribution in [-0.2, 0) is 13.0 Å². The lowest BCUT2D eigenvalue weighted by molar-refractivity contribution is 0.834. The molecule has 0 aliphatic heterocycles. The molecule has 0 amide bonds. The van der Waals surface area contributed by atoms with Crippen molar-refractivity contribution >= 4 is 10.9 Å². The Hall–Kier alpha value is -2.57. The molecule has 0 saturated heterocycles. The van der Waals surface area contributed by atoms with Crippen LogP contribution in [0.2, 0.25) is 0 Å². The summed E-state index contributed by atoms with van der Waals surface area (Å²) in [7, 11) is 0. The molecule has 2 aromatic carbocycles. The summed E-state index contributed by atoms with van der Waals surface area (Å²) in [5.41, 5.74) is 9.84. The topological polar surface area (TPSA) is 54.7 Å². The van der Waals surface area contributed by atoms with Crippen molar-refractivity contribution in [2.75, 3.05) is 6.54 Å². The summed E-state index contributed by atoms with van der Waals surface area (Å²) < 4.78 is 2.18. The number of aromatic nitrogens is 1. The Labute approximate surface area is 124 Å². The van der Waals surface area contributed by atoms with Crippen LogP contribution in [0, 0.1) is 11.3 Å². The molecule has 0 fully saturated rings. The molecule has 1 aromatic heterocycles. The molecule has 3 heteroatoms. The van der Waals surface area contributed by atoms with Gasteiger partial charge in [0.05, 0.1) is 11.6 Å². The number of nitrogens with two attached hydrogens (primary N) is 1. The highest BCUT2D eigenvalue weighted by atomic mass is 14.9. The fraction of sp³-hybridized carbons (Fsp3) is 0.167. The highest BCUT2D eigenvalue weighted by Crippen LogP contribution is 2.20. The molecule has 0 aliphatic carbocycles. The maximum Gasteiger partial charge on any atom is 0.0995 e. The maximum absolute atomic E-state index is 9.18.